The Bertz CT molecular complexity index is 2010. The molecular weight excluding hydrogens is 1350 g/mol. The van der Waals surface area contributed by atoms with Crippen molar-refractivity contribution in [2.75, 3.05) is 39.6 Å². The van der Waals surface area contributed by atoms with E-state index < -0.39 is 97.5 Å². The van der Waals surface area contributed by atoms with Gasteiger partial charge in [0.05, 0.1) is 26.4 Å². The van der Waals surface area contributed by atoms with E-state index in [0.717, 1.165) is 108 Å². The molecule has 104 heavy (non-hydrogen) atoms. The summed E-state index contributed by atoms with van der Waals surface area (Å²) in [5.74, 6) is 0.296. The van der Waals surface area contributed by atoms with Crippen LogP contribution < -0.4 is 0 Å². The topological polar surface area (TPSA) is 237 Å². The summed E-state index contributed by atoms with van der Waals surface area (Å²) in [7, 11) is -9.93. The number of hydrogen-bond acceptors (Lipinski definition) is 15. The molecule has 3 N–H and O–H groups in total. The van der Waals surface area contributed by atoms with Gasteiger partial charge in [0.25, 0.3) is 0 Å². The number of carbonyl (C=O) groups is 4. The molecule has 0 aromatic heterocycles. The maximum Gasteiger partial charge on any atom is 0.472 e. The zero-order valence-electron chi connectivity index (χ0n) is 68.5. The number of phosphoric acid groups is 2. The lowest BCUT2D eigenvalue weighted by Gasteiger charge is -2.21. The van der Waals surface area contributed by atoms with Crippen LogP contribution in [0.15, 0.2) is 0 Å². The molecule has 19 heteroatoms. The number of phosphoric ester groups is 2. The predicted molar refractivity (Wildman–Crippen MR) is 428 cm³/mol. The molecule has 0 aliphatic rings. The molecule has 0 amide bonds. The van der Waals surface area contributed by atoms with Gasteiger partial charge in [-0.3, -0.25) is 37.3 Å². The Morgan fingerprint density at radius 1 is 0.279 bits per heavy atom. The van der Waals surface area contributed by atoms with Crippen LogP contribution in [0.5, 0.6) is 0 Å². The molecule has 0 aliphatic heterocycles. The van der Waals surface area contributed by atoms with Gasteiger partial charge in [0.1, 0.15) is 19.3 Å². The molecule has 0 saturated heterocycles. The molecule has 0 aromatic rings. The Morgan fingerprint density at radius 2 is 0.490 bits per heavy atom. The Hall–Kier alpha value is -1.94. The number of hydrogen-bond donors (Lipinski definition) is 3. The van der Waals surface area contributed by atoms with Gasteiger partial charge in [-0.05, 0) is 43.4 Å². The average molecular weight is 1520 g/mol. The molecule has 6 atom stereocenters. The van der Waals surface area contributed by atoms with Crippen molar-refractivity contribution < 1.29 is 80.2 Å². The van der Waals surface area contributed by atoms with Crippen molar-refractivity contribution in [1.82, 2.24) is 0 Å². The summed E-state index contributed by atoms with van der Waals surface area (Å²) in [6.07, 6.45) is 65.2. The minimum Gasteiger partial charge on any atom is -0.462 e. The van der Waals surface area contributed by atoms with Gasteiger partial charge < -0.3 is 33.8 Å². The van der Waals surface area contributed by atoms with E-state index in [1.54, 1.807) is 0 Å². The lowest BCUT2D eigenvalue weighted by molar-refractivity contribution is -0.161. The molecule has 618 valence electrons. The average Bonchev–Trinajstić information content (AvgIpc) is 0.907. The van der Waals surface area contributed by atoms with Crippen LogP contribution in [0.4, 0.5) is 0 Å². The third-order valence-electron chi connectivity index (χ3n) is 20.2. The number of carbonyl (C=O) groups excluding carboxylic acids is 4. The van der Waals surface area contributed by atoms with Gasteiger partial charge in [0.2, 0.25) is 0 Å². The quantitative estimate of drug-likeness (QED) is 0.0222. The molecular formula is C85H166O17P2. The molecule has 3 unspecified atom stereocenters. The number of esters is 4. The molecule has 0 radical (unpaired) electrons. The molecule has 17 nitrogen and oxygen atoms in total. The van der Waals surface area contributed by atoms with Crippen molar-refractivity contribution in [3.8, 4) is 0 Å². The van der Waals surface area contributed by atoms with E-state index in [2.05, 4.69) is 48.5 Å². The van der Waals surface area contributed by atoms with Gasteiger partial charge >= 0.3 is 39.5 Å². The van der Waals surface area contributed by atoms with Crippen LogP contribution in [-0.4, -0.2) is 96.7 Å². The second-order valence-corrected chi connectivity index (χ2v) is 34.7. The molecule has 0 spiro atoms. The molecule has 0 aromatic carbocycles. The Morgan fingerprint density at radius 3 is 0.731 bits per heavy atom. The summed E-state index contributed by atoms with van der Waals surface area (Å²) in [5, 5.41) is 10.7. The first-order valence-corrected chi connectivity index (χ1v) is 46.9. The summed E-state index contributed by atoms with van der Waals surface area (Å²) >= 11 is 0. The van der Waals surface area contributed by atoms with Crippen molar-refractivity contribution in [1.29, 1.82) is 0 Å². The van der Waals surface area contributed by atoms with Crippen molar-refractivity contribution in [2.45, 2.75) is 465 Å². The Kier molecular flexibility index (Phi) is 73.7. The second-order valence-electron chi connectivity index (χ2n) is 31.8. The lowest BCUT2D eigenvalue weighted by Crippen LogP contribution is -2.30. The first-order valence-electron chi connectivity index (χ1n) is 43.9. The summed E-state index contributed by atoms with van der Waals surface area (Å²) < 4.78 is 68.8. The molecule has 0 rings (SSSR count). The van der Waals surface area contributed by atoms with E-state index in [1.165, 1.54) is 257 Å². The van der Waals surface area contributed by atoms with Gasteiger partial charge in [-0.2, -0.15) is 0 Å². The van der Waals surface area contributed by atoms with Crippen LogP contribution in [0.25, 0.3) is 0 Å². The van der Waals surface area contributed by atoms with Crippen molar-refractivity contribution in [3.63, 3.8) is 0 Å². The van der Waals surface area contributed by atoms with E-state index in [-0.39, 0.29) is 25.7 Å². The van der Waals surface area contributed by atoms with Gasteiger partial charge in [0, 0.05) is 25.7 Å². The fourth-order valence-electron chi connectivity index (χ4n) is 13.2. The van der Waals surface area contributed by atoms with Crippen LogP contribution in [0, 0.1) is 17.8 Å². The molecule has 0 bridgehead atoms. The molecule has 0 fully saturated rings. The van der Waals surface area contributed by atoms with Crippen LogP contribution >= 0.6 is 15.6 Å². The SMILES string of the molecule is CCCCCCCCCCCCCCC(=O)OC[C@H](COP(=O)(O)OC[C@H](O)COP(=O)(O)OC[C@@H](COC(=O)CCCCCCCCCCCCCCCCCCC(C)C)OC(=O)CCCCCCCCCCCCCCCCCCCCC(C)C)OC(=O)CCCCCCCCCCC(C)CC. The summed E-state index contributed by atoms with van der Waals surface area (Å²) in [6, 6.07) is 0. The molecule has 0 saturated carbocycles. The number of aliphatic hydroxyl groups excluding tert-OH is 1. The first kappa shape index (κ1) is 102. The fraction of sp³-hybridized carbons (Fsp3) is 0.953. The highest BCUT2D eigenvalue weighted by Gasteiger charge is 2.30. The highest BCUT2D eigenvalue weighted by atomic mass is 31.2. The number of ether oxygens (including phenoxy) is 4. The monoisotopic (exact) mass is 1520 g/mol. The third kappa shape index (κ3) is 76.8. The Labute approximate surface area is 638 Å². The van der Waals surface area contributed by atoms with E-state index >= 15 is 0 Å². The van der Waals surface area contributed by atoms with E-state index in [0.29, 0.717) is 25.7 Å². The minimum atomic E-state index is -4.97. The van der Waals surface area contributed by atoms with Gasteiger partial charge in [-0.15, -0.1) is 0 Å². The van der Waals surface area contributed by atoms with Crippen LogP contribution in [0.1, 0.15) is 447 Å². The number of unbranched alkanes of at least 4 members (excludes halogenated alkanes) is 50. The third-order valence-corrected chi connectivity index (χ3v) is 22.1. The predicted octanol–water partition coefficient (Wildman–Crippen LogP) is 25.7. The summed E-state index contributed by atoms with van der Waals surface area (Å²) in [6.45, 7) is 12.0. The van der Waals surface area contributed by atoms with Gasteiger partial charge in [0.15, 0.2) is 12.2 Å². The van der Waals surface area contributed by atoms with Gasteiger partial charge in [-0.1, -0.05) is 395 Å². The Balaban J connectivity index is 5.23. The lowest BCUT2D eigenvalue weighted by atomic mass is 9.99. The van der Waals surface area contributed by atoms with Crippen LogP contribution in [0.2, 0.25) is 0 Å². The number of aliphatic hydroxyl groups is 1. The van der Waals surface area contributed by atoms with Crippen LogP contribution in [-0.2, 0) is 65.4 Å². The second kappa shape index (κ2) is 75.1. The minimum absolute atomic E-state index is 0.105. The maximum atomic E-state index is 13.1. The van der Waals surface area contributed by atoms with E-state index in [1.807, 2.05) is 0 Å². The number of rotatable bonds is 83. The van der Waals surface area contributed by atoms with Crippen LogP contribution in [0.3, 0.4) is 0 Å². The van der Waals surface area contributed by atoms with Crippen molar-refractivity contribution >= 4 is 39.5 Å². The van der Waals surface area contributed by atoms with Gasteiger partial charge in [-0.25, -0.2) is 9.13 Å². The fourth-order valence-corrected chi connectivity index (χ4v) is 14.7. The zero-order valence-corrected chi connectivity index (χ0v) is 70.3. The molecule has 0 aliphatic carbocycles. The molecule has 0 heterocycles. The highest BCUT2D eigenvalue weighted by Crippen LogP contribution is 2.45. The normalized spacial score (nSPS) is 14.2. The largest absolute Gasteiger partial charge is 0.472 e. The van der Waals surface area contributed by atoms with Crippen molar-refractivity contribution in [2.24, 2.45) is 17.8 Å². The van der Waals surface area contributed by atoms with Crippen molar-refractivity contribution in [3.05, 3.63) is 0 Å². The zero-order chi connectivity index (χ0) is 76.5. The highest BCUT2D eigenvalue weighted by molar-refractivity contribution is 7.47. The standard InChI is InChI=1S/C85H166O17P2/c1-8-10-11-12-13-14-15-32-37-45-52-59-66-82(87)96-73-81(102-85(90)69-62-55-48-41-40-44-51-58-65-78(7)9-2)75-100-104(93,94)98-71-79(86)70-97-103(91,92)99-74-80(72-95-83(88)67-60-53-46-38-33-28-24-21-20-23-27-31-36-43-50-57-64-77(5)6)101-84(89)68-61-54-47-39-34-29-25-19-17-16-18-22-26-30-35-42-49-56-63-76(3)4/h76-81,86H,8-75H2,1-7H3,(H,91,92)(H,93,94)/t78?,79-,80-,81-/m1/s1. The smallest absolute Gasteiger partial charge is 0.462 e. The first-order chi connectivity index (χ1) is 50.3. The van der Waals surface area contributed by atoms with E-state index in [9.17, 15) is 43.2 Å². The summed E-state index contributed by atoms with van der Waals surface area (Å²) in [4.78, 5) is 73.2. The maximum absolute atomic E-state index is 13.1. The summed E-state index contributed by atoms with van der Waals surface area (Å²) in [5.41, 5.74) is 0. The van der Waals surface area contributed by atoms with E-state index in [4.69, 9.17) is 37.0 Å².